The first-order chi connectivity index (χ1) is 16.1. The van der Waals surface area contributed by atoms with Gasteiger partial charge in [-0.2, -0.15) is 0 Å². The van der Waals surface area contributed by atoms with E-state index in [1.54, 1.807) is 36.5 Å². The summed E-state index contributed by atoms with van der Waals surface area (Å²) < 4.78 is 25.3. The Labute approximate surface area is 188 Å². The van der Waals surface area contributed by atoms with Crippen molar-refractivity contribution in [1.82, 2.24) is 15.0 Å². The predicted octanol–water partition coefficient (Wildman–Crippen LogP) is 2.94. The Morgan fingerprint density at radius 1 is 1.24 bits per heavy atom. The lowest BCUT2D eigenvalue weighted by molar-refractivity contribution is 0.109. The zero-order valence-electron chi connectivity index (χ0n) is 17.8. The molecule has 2 aromatic heterocycles. The lowest BCUT2D eigenvalue weighted by Crippen LogP contribution is -2.34. The summed E-state index contributed by atoms with van der Waals surface area (Å²) in [6.45, 7) is 1.88. The second kappa shape index (κ2) is 8.77. The Morgan fingerprint density at radius 3 is 2.88 bits per heavy atom. The van der Waals surface area contributed by atoms with Crippen molar-refractivity contribution < 1.29 is 23.3 Å². The molecule has 1 N–H and O–H groups in total. The minimum absolute atomic E-state index is 0.284. The quantitative estimate of drug-likeness (QED) is 0.609. The second-order valence-electron chi connectivity index (χ2n) is 7.64. The Kier molecular flexibility index (Phi) is 5.51. The third-order valence-electron chi connectivity index (χ3n) is 5.41. The van der Waals surface area contributed by atoms with Gasteiger partial charge in [0.25, 0.3) is 0 Å². The van der Waals surface area contributed by atoms with E-state index < -0.39 is 18.0 Å². The number of nitrogens with one attached hydrogen (secondary N) is 1. The van der Waals surface area contributed by atoms with Crippen LogP contribution < -0.4 is 10.2 Å². The number of halogens is 1. The molecule has 10 nitrogen and oxygen atoms in total. The first kappa shape index (κ1) is 20.7. The van der Waals surface area contributed by atoms with Crippen LogP contribution in [0.15, 0.2) is 58.5 Å². The van der Waals surface area contributed by atoms with Crippen molar-refractivity contribution in [3.05, 3.63) is 60.3 Å². The number of oxime groups is 1. The lowest BCUT2D eigenvalue weighted by atomic mass is 10.1. The van der Waals surface area contributed by atoms with E-state index in [1.807, 2.05) is 11.9 Å². The Bertz CT molecular complexity index is 1170. The van der Waals surface area contributed by atoms with Crippen LogP contribution in [0, 0.1) is 5.82 Å². The maximum absolute atomic E-state index is 15.0. The van der Waals surface area contributed by atoms with Gasteiger partial charge in [-0.25, -0.2) is 9.18 Å². The highest BCUT2D eigenvalue weighted by Gasteiger charge is 2.32. The van der Waals surface area contributed by atoms with Gasteiger partial charge in [0.1, 0.15) is 24.2 Å². The SMILES string of the molecule is CN1CCON=C1c1ccc(-c2ccc(N3CC(CNc4ccno4)OC3=O)cc2F)cn1. The molecule has 0 bridgehead atoms. The third kappa shape index (κ3) is 4.29. The van der Waals surface area contributed by atoms with Gasteiger partial charge >= 0.3 is 6.09 Å². The zero-order chi connectivity index (χ0) is 22.8. The fourth-order valence-electron chi connectivity index (χ4n) is 3.65. The molecule has 11 heteroatoms. The molecule has 0 saturated carbocycles. The number of pyridine rings is 1. The molecular weight excluding hydrogens is 431 g/mol. The molecule has 4 heterocycles. The van der Waals surface area contributed by atoms with E-state index in [-0.39, 0.29) is 6.54 Å². The molecule has 1 aromatic carbocycles. The summed E-state index contributed by atoms with van der Waals surface area (Å²) in [5.41, 5.74) is 2.05. The minimum Gasteiger partial charge on any atom is -0.442 e. The number of likely N-dealkylation sites (N-methyl/N-ethyl adjacent to an activating group) is 1. The smallest absolute Gasteiger partial charge is 0.414 e. The number of ether oxygens (including phenoxy) is 1. The van der Waals surface area contributed by atoms with Gasteiger partial charge in [0.2, 0.25) is 5.88 Å². The molecule has 0 radical (unpaired) electrons. The Balaban J connectivity index is 1.28. The molecule has 1 unspecified atom stereocenters. The summed E-state index contributed by atoms with van der Waals surface area (Å²) in [6, 6.07) is 9.86. The van der Waals surface area contributed by atoms with Gasteiger partial charge in [-0.1, -0.05) is 16.4 Å². The molecule has 3 aromatic rings. The number of rotatable bonds is 6. The number of benzene rings is 1. The van der Waals surface area contributed by atoms with Crippen LogP contribution in [0.25, 0.3) is 11.1 Å². The highest BCUT2D eigenvalue weighted by atomic mass is 19.1. The van der Waals surface area contributed by atoms with Crippen LogP contribution in [0.1, 0.15) is 5.69 Å². The van der Waals surface area contributed by atoms with E-state index in [4.69, 9.17) is 14.1 Å². The summed E-state index contributed by atoms with van der Waals surface area (Å²) in [6.07, 6.45) is 2.16. The predicted molar refractivity (Wildman–Crippen MR) is 117 cm³/mol. The number of aromatic nitrogens is 2. The number of hydrogen-bond acceptors (Lipinski definition) is 9. The van der Waals surface area contributed by atoms with Crippen molar-refractivity contribution >= 4 is 23.5 Å². The standard InChI is InChI=1S/C22H21FN6O4/c1-28-8-9-31-27-21(28)19-5-2-14(11-24-19)17-4-3-15(10-18(17)23)29-13-16(32-22(29)30)12-25-20-6-7-26-33-20/h2-7,10-11,16,25H,8-9,12-13H2,1H3. The van der Waals surface area contributed by atoms with Crippen molar-refractivity contribution in [3.63, 3.8) is 0 Å². The van der Waals surface area contributed by atoms with Gasteiger partial charge in [0.05, 0.1) is 31.5 Å². The Morgan fingerprint density at radius 2 is 2.15 bits per heavy atom. The van der Waals surface area contributed by atoms with Crippen LogP contribution in [-0.4, -0.2) is 66.4 Å². The van der Waals surface area contributed by atoms with Crippen molar-refractivity contribution in [2.24, 2.45) is 5.16 Å². The van der Waals surface area contributed by atoms with Crippen molar-refractivity contribution in [1.29, 1.82) is 0 Å². The largest absolute Gasteiger partial charge is 0.442 e. The van der Waals surface area contributed by atoms with Crippen LogP contribution in [0.3, 0.4) is 0 Å². The second-order valence-corrected chi connectivity index (χ2v) is 7.64. The van der Waals surface area contributed by atoms with Crippen LogP contribution in [0.4, 0.5) is 20.8 Å². The first-order valence-corrected chi connectivity index (χ1v) is 10.4. The van der Waals surface area contributed by atoms with E-state index in [0.29, 0.717) is 53.9 Å². The normalized spacial score (nSPS) is 18.1. The molecule has 5 rings (SSSR count). The topological polar surface area (TPSA) is 105 Å². The molecule has 0 aliphatic carbocycles. The average Bonchev–Trinajstić information content (AvgIpc) is 3.48. The lowest BCUT2D eigenvalue weighted by Gasteiger charge is -2.23. The van der Waals surface area contributed by atoms with E-state index in [2.05, 4.69) is 20.6 Å². The van der Waals surface area contributed by atoms with Crippen LogP contribution in [-0.2, 0) is 9.57 Å². The number of hydrogen-bond donors (Lipinski definition) is 1. The molecule has 1 amide bonds. The number of cyclic esters (lactones) is 1. The maximum Gasteiger partial charge on any atom is 0.414 e. The number of carbonyl (C=O) groups excluding carboxylic acids is 1. The summed E-state index contributed by atoms with van der Waals surface area (Å²) in [4.78, 5) is 25.2. The summed E-state index contributed by atoms with van der Waals surface area (Å²) in [5, 5.41) is 10.6. The van der Waals surface area contributed by atoms with E-state index in [1.165, 1.54) is 17.2 Å². The fraction of sp³-hybridized carbons (Fsp3) is 0.273. The van der Waals surface area contributed by atoms with Gasteiger partial charge in [-0.05, 0) is 24.3 Å². The zero-order valence-corrected chi connectivity index (χ0v) is 17.8. The molecule has 0 spiro atoms. The monoisotopic (exact) mass is 452 g/mol. The Hall–Kier alpha value is -4.15. The summed E-state index contributed by atoms with van der Waals surface area (Å²) in [5.74, 6) is 0.645. The molecule has 2 aliphatic heterocycles. The number of carbonyl (C=O) groups is 1. The van der Waals surface area contributed by atoms with Gasteiger partial charge in [0, 0.05) is 30.4 Å². The van der Waals surface area contributed by atoms with Gasteiger partial charge in [0.15, 0.2) is 5.84 Å². The average molecular weight is 452 g/mol. The highest BCUT2D eigenvalue weighted by Crippen LogP contribution is 2.29. The molecule has 33 heavy (non-hydrogen) atoms. The van der Waals surface area contributed by atoms with Gasteiger partial charge in [-0.3, -0.25) is 9.88 Å². The first-order valence-electron chi connectivity index (χ1n) is 10.4. The molecular formula is C22H21FN6O4. The van der Waals surface area contributed by atoms with E-state index in [9.17, 15) is 9.18 Å². The van der Waals surface area contributed by atoms with Crippen LogP contribution >= 0.6 is 0 Å². The van der Waals surface area contributed by atoms with Crippen molar-refractivity contribution in [2.75, 3.05) is 43.5 Å². The number of amidine groups is 1. The van der Waals surface area contributed by atoms with E-state index in [0.717, 1.165) is 0 Å². The highest BCUT2D eigenvalue weighted by molar-refractivity contribution is 5.97. The molecule has 1 atom stereocenters. The number of amides is 1. The van der Waals surface area contributed by atoms with E-state index >= 15 is 0 Å². The number of nitrogens with zero attached hydrogens (tertiary/aromatic N) is 5. The molecule has 1 saturated heterocycles. The van der Waals surface area contributed by atoms with Gasteiger partial charge in [-0.15, -0.1) is 0 Å². The van der Waals surface area contributed by atoms with Crippen molar-refractivity contribution in [2.45, 2.75) is 6.10 Å². The van der Waals surface area contributed by atoms with Crippen molar-refractivity contribution in [3.8, 4) is 11.1 Å². The number of anilines is 2. The third-order valence-corrected chi connectivity index (χ3v) is 5.41. The summed E-state index contributed by atoms with van der Waals surface area (Å²) in [7, 11) is 1.91. The summed E-state index contributed by atoms with van der Waals surface area (Å²) >= 11 is 0. The minimum atomic E-state index is -0.530. The molecule has 170 valence electrons. The van der Waals surface area contributed by atoms with Crippen LogP contribution in [0.5, 0.6) is 0 Å². The van der Waals surface area contributed by atoms with Gasteiger partial charge < -0.3 is 24.3 Å². The molecule has 1 fully saturated rings. The van der Waals surface area contributed by atoms with Crippen LogP contribution in [0.2, 0.25) is 0 Å². The molecule has 2 aliphatic rings. The fourth-order valence-corrected chi connectivity index (χ4v) is 3.65. The maximum atomic E-state index is 15.0.